The van der Waals surface area contributed by atoms with Crippen LogP contribution in [0.4, 0.5) is 10.1 Å². The zero-order valence-electron chi connectivity index (χ0n) is 17.7. The van der Waals surface area contributed by atoms with E-state index in [4.69, 9.17) is 9.73 Å². The van der Waals surface area contributed by atoms with Gasteiger partial charge in [0.1, 0.15) is 5.82 Å². The number of aliphatic hydroxyl groups is 1. The number of piperidine rings is 1. The molecule has 0 aliphatic carbocycles. The Balaban J connectivity index is 1.61. The summed E-state index contributed by atoms with van der Waals surface area (Å²) in [5.41, 5.74) is 1.48. The topological polar surface area (TPSA) is 60.3 Å². The molecule has 0 radical (unpaired) electrons. The second kappa shape index (κ2) is 10.8. The average molecular weight is 407 g/mol. The second-order valence-electron chi connectivity index (χ2n) is 7.93. The van der Waals surface area contributed by atoms with Crippen molar-refractivity contribution < 1.29 is 14.2 Å². The summed E-state index contributed by atoms with van der Waals surface area (Å²) in [7, 11) is 0. The Bertz CT molecular complexity index is 677. The van der Waals surface area contributed by atoms with Gasteiger partial charge < -0.3 is 25.0 Å². The maximum Gasteiger partial charge on any atom is 0.194 e. The van der Waals surface area contributed by atoms with Crippen LogP contribution in [0.2, 0.25) is 0 Å². The molecular weight excluding hydrogens is 371 g/mol. The molecule has 2 fully saturated rings. The molecule has 1 aromatic rings. The molecule has 2 saturated heterocycles. The van der Waals surface area contributed by atoms with Crippen molar-refractivity contribution in [2.75, 3.05) is 50.8 Å². The number of aliphatic hydroxyl groups excluding tert-OH is 1. The predicted molar refractivity (Wildman–Crippen MR) is 115 cm³/mol. The number of nitrogens with one attached hydrogen (secondary N) is 1. The molecule has 6 nitrogen and oxygen atoms in total. The first-order valence-electron chi connectivity index (χ1n) is 10.9. The smallest absolute Gasteiger partial charge is 0.194 e. The van der Waals surface area contributed by atoms with Gasteiger partial charge in [0.15, 0.2) is 5.96 Å². The van der Waals surface area contributed by atoms with Crippen LogP contribution in [0.1, 0.15) is 38.7 Å². The first-order valence-corrected chi connectivity index (χ1v) is 10.9. The van der Waals surface area contributed by atoms with Crippen LogP contribution in [0, 0.1) is 11.7 Å². The monoisotopic (exact) mass is 406 g/mol. The zero-order chi connectivity index (χ0) is 20.6. The van der Waals surface area contributed by atoms with E-state index in [1.54, 1.807) is 6.07 Å². The van der Waals surface area contributed by atoms with Gasteiger partial charge in [-0.2, -0.15) is 0 Å². The molecule has 0 spiro atoms. The number of nitrogens with zero attached hydrogens (tertiary/aromatic N) is 3. The van der Waals surface area contributed by atoms with Gasteiger partial charge in [0, 0.05) is 45.2 Å². The molecule has 1 aromatic carbocycles. The Morgan fingerprint density at radius 3 is 2.72 bits per heavy atom. The van der Waals surface area contributed by atoms with Crippen LogP contribution >= 0.6 is 0 Å². The third kappa shape index (κ3) is 6.06. The van der Waals surface area contributed by atoms with Gasteiger partial charge in [-0.15, -0.1) is 0 Å². The molecule has 1 unspecified atom stereocenters. The standard InChI is InChI=1S/C22H35FN4O2/c1-3-24-22(27-10-7-18(15-27)16-29-4-2)25-14-17-5-6-21(20(23)13-17)26-11-8-19(28)9-12-26/h5-6,13,18-19,28H,3-4,7-12,14-16H2,1-2H3,(H,24,25). The molecule has 162 valence electrons. The van der Waals surface area contributed by atoms with Crippen molar-refractivity contribution in [3.8, 4) is 0 Å². The minimum Gasteiger partial charge on any atom is -0.393 e. The van der Waals surface area contributed by atoms with Crippen LogP contribution < -0.4 is 10.2 Å². The van der Waals surface area contributed by atoms with Gasteiger partial charge in [-0.1, -0.05) is 6.07 Å². The maximum atomic E-state index is 14.7. The number of rotatable bonds is 7. The molecule has 0 bridgehead atoms. The summed E-state index contributed by atoms with van der Waals surface area (Å²) < 4.78 is 20.3. The summed E-state index contributed by atoms with van der Waals surface area (Å²) in [5.74, 6) is 1.22. The van der Waals surface area contributed by atoms with Gasteiger partial charge in [-0.05, 0) is 50.8 Å². The summed E-state index contributed by atoms with van der Waals surface area (Å²) in [5, 5.41) is 13.0. The minimum absolute atomic E-state index is 0.211. The summed E-state index contributed by atoms with van der Waals surface area (Å²) >= 11 is 0. The van der Waals surface area contributed by atoms with Crippen LogP contribution in [0.5, 0.6) is 0 Å². The molecule has 2 heterocycles. The zero-order valence-corrected chi connectivity index (χ0v) is 17.7. The number of benzene rings is 1. The van der Waals surface area contributed by atoms with Gasteiger partial charge in [0.25, 0.3) is 0 Å². The van der Waals surface area contributed by atoms with E-state index in [0.29, 0.717) is 44.1 Å². The van der Waals surface area contributed by atoms with Crippen molar-refractivity contribution in [2.24, 2.45) is 10.9 Å². The Morgan fingerprint density at radius 1 is 1.24 bits per heavy atom. The highest BCUT2D eigenvalue weighted by atomic mass is 19.1. The molecule has 1 atom stereocenters. The van der Waals surface area contributed by atoms with E-state index in [-0.39, 0.29) is 11.9 Å². The van der Waals surface area contributed by atoms with Crippen LogP contribution in [0.15, 0.2) is 23.2 Å². The van der Waals surface area contributed by atoms with E-state index < -0.39 is 0 Å². The van der Waals surface area contributed by atoms with Crippen molar-refractivity contribution >= 4 is 11.6 Å². The summed E-state index contributed by atoms with van der Waals surface area (Å²) in [6.07, 6.45) is 2.24. The normalized spacial score (nSPS) is 21.1. The van der Waals surface area contributed by atoms with Crippen molar-refractivity contribution in [1.82, 2.24) is 10.2 Å². The number of ether oxygens (including phenoxy) is 1. The number of likely N-dealkylation sites (tertiary alicyclic amines) is 1. The fraction of sp³-hybridized carbons (Fsp3) is 0.682. The van der Waals surface area contributed by atoms with E-state index in [1.807, 2.05) is 24.0 Å². The third-order valence-corrected chi connectivity index (χ3v) is 5.71. The third-order valence-electron chi connectivity index (χ3n) is 5.71. The molecule has 29 heavy (non-hydrogen) atoms. The molecule has 0 saturated carbocycles. The van der Waals surface area contributed by atoms with Crippen molar-refractivity contribution in [3.05, 3.63) is 29.6 Å². The van der Waals surface area contributed by atoms with Crippen LogP contribution in [0.3, 0.4) is 0 Å². The Morgan fingerprint density at radius 2 is 2.03 bits per heavy atom. The van der Waals surface area contributed by atoms with E-state index in [1.165, 1.54) is 0 Å². The first-order chi connectivity index (χ1) is 14.1. The summed E-state index contributed by atoms with van der Waals surface area (Å²) in [6, 6.07) is 5.40. The lowest BCUT2D eigenvalue weighted by Gasteiger charge is -2.31. The Hall–Kier alpha value is -1.86. The van der Waals surface area contributed by atoms with E-state index in [0.717, 1.165) is 50.8 Å². The quantitative estimate of drug-likeness (QED) is 0.538. The molecule has 2 aliphatic heterocycles. The second-order valence-corrected chi connectivity index (χ2v) is 7.93. The fourth-order valence-corrected chi connectivity index (χ4v) is 4.05. The molecule has 3 rings (SSSR count). The molecule has 0 aromatic heterocycles. The van der Waals surface area contributed by atoms with Crippen molar-refractivity contribution in [1.29, 1.82) is 0 Å². The fourth-order valence-electron chi connectivity index (χ4n) is 4.05. The maximum absolute atomic E-state index is 14.7. The summed E-state index contributed by atoms with van der Waals surface area (Å²) in [4.78, 5) is 9.04. The van der Waals surface area contributed by atoms with Gasteiger partial charge >= 0.3 is 0 Å². The Kier molecular flexibility index (Phi) is 8.12. The number of hydrogen-bond donors (Lipinski definition) is 2. The molecule has 7 heteroatoms. The lowest BCUT2D eigenvalue weighted by molar-refractivity contribution is 0.114. The highest BCUT2D eigenvalue weighted by Gasteiger charge is 2.25. The van der Waals surface area contributed by atoms with Gasteiger partial charge in [0.2, 0.25) is 0 Å². The SMILES string of the molecule is CCNC(=NCc1ccc(N2CCC(O)CC2)c(F)c1)N1CCC(COCC)C1. The van der Waals surface area contributed by atoms with Crippen LogP contribution in [-0.2, 0) is 11.3 Å². The number of halogens is 1. The van der Waals surface area contributed by atoms with Gasteiger partial charge in [-0.25, -0.2) is 9.38 Å². The summed E-state index contributed by atoms with van der Waals surface area (Å²) in [6.45, 7) is 10.2. The minimum atomic E-state index is -0.258. The van der Waals surface area contributed by atoms with Crippen LogP contribution in [0.25, 0.3) is 0 Å². The number of aliphatic imine (C=N–C) groups is 1. The highest BCUT2D eigenvalue weighted by Crippen LogP contribution is 2.25. The molecule has 2 N–H and O–H groups in total. The van der Waals surface area contributed by atoms with Crippen LogP contribution in [-0.4, -0.2) is 68.0 Å². The van der Waals surface area contributed by atoms with E-state index in [2.05, 4.69) is 17.1 Å². The van der Waals surface area contributed by atoms with E-state index in [9.17, 15) is 9.50 Å². The molecule has 0 amide bonds. The predicted octanol–water partition coefficient (Wildman–Crippen LogP) is 2.61. The average Bonchev–Trinajstić information content (AvgIpc) is 3.19. The van der Waals surface area contributed by atoms with Crippen molar-refractivity contribution in [2.45, 2.75) is 45.8 Å². The number of anilines is 1. The van der Waals surface area contributed by atoms with E-state index >= 15 is 0 Å². The molecule has 2 aliphatic rings. The molecular formula is C22H35FN4O2. The number of hydrogen-bond acceptors (Lipinski definition) is 4. The Labute approximate surface area is 173 Å². The lowest BCUT2D eigenvalue weighted by Crippen LogP contribution is -2.40. The van der Waals surface area contributed by atoms with Gasteiger partial charge in [-0.3, -0.25) is 0 Å². The van der Waals surface area contributed by atoms with Gasteiger partial charge in [0.05, 0.1) is 24.9 Å². The lowest BCUT2D eigenvalue weighted by atomic mass is 10.1. The highest BCUT2D eigenvalue weighted by molar-refractivity contribution is 5.80. The number of guanidine groups is 1. The van der Waals surface area contributed by atoms with Crippen molar-refractivity contribution in [3.63, 3.8) is 0 Å². The first kappa shape index (κ1) is 21.8. The largest absolute Gasteiger partial charge is 0.393 e.